The first-order valence-electron chi connectivity index (χ1n) is 7.18. The Labute approximate surface area is 119 Å². The van der Waals surface area contributed by atoms with Crippen molar-refractivity contribution in [2.24, 2.45) is 0 Å². The Hall–Kier alpha value is -1.73. The summed E-state index contributed by atoms with van der Waals surface area (Å²) < 4.78 is 6.01. The molecule has 1 fully saturated rings. The van der Waals surface area contributed by atoms with E-state index in [0.717, 1.165) is 37.2 Å². The van der Waals surface area contributed by atoms with Gasteiger partial charge in [0.05, 0.1) is 36.0 Å². The highest BCUT2D eigenvalue weighted by molar-refractivity contribution is 5.64. The lowest BCUT2D eigenvalue weighted by molar-refractivity contribution is 0.0901. The fourth-order valence-electron chi connectivity index (χ4n) is 3.30. The van der Waals surface area contributed by atoms with Crippen LogP contribution in [0, 0.1) is 11.3 Å². The third kappa shape index (κ3) is 2.23. The van der Waals surface area contributed by atoms with E-state index in [-0.39, 0.29) is 17.7 Å². The quantitative estimate of drug-likeness (QED) is 0.853. The molecule has 0 radical (unpaired) electrons. The molecule has 1 aliphatic heterocycles. The average molecular weight is 272 g/mol. The molecule has 4 nitrogen and oxygen atoms in total. The largest absolute Gasteiger partial charge is 0.484 e. The Kier molecular flexibility index (Phi) is 3.10. The van der Waals surface area contributed by atoms with Crippen LogP contribution in [0.3, 0.4) is 0 Å². The van der Waals surface area contributed by atoms with Crippen LogP contribution < -0.4 is 9.64 Å². The molecule has 1 N–H and O–H groups in total. The molecule has 1 aromatic carbocycles. The third-order valence-corrected chi connectivity index (χ3v) is 4.18. The lowest BCUT2D eigenvalue weighted by atomic mass is 10.0. The van der Waals surface area contributed by atoms with Crippen LogP contribution in [-0.4, -0.2) is 29.4 Å². The highest BCUT2D eigenvalue weighted by atomic mass is 16.5. The smallest absolute Gasteiger partial charge is 0.143 e. The first kappa shape index (κ1) is 13.3. The number of aliphatic hydroxyl groups excluding tert-OH is 1. The maximum Gasteiger partial charge on any atom is 0.143 e. The van der Waals surface area contributed by atoms with E-state index >= 15 is 0 Å². The molecule has 0 saturated heterocycles. The van der Waals surface area contributed by atoms with Crippen molar-refractivity contribution in [2.45, 2.75) is 50.9 Å². The van der Waals surface area contributed by atoms with Gasteiger partial charge >= 0.3 is 0 Å². The fourth-order valence-corrected chi connectivity index (χ4v) is 3.30. The zero-order valence-electron chi connectivity index (χ0n) is 12.0. The molecule has 1 aliphatic carbocycles. The van der Waals surface area contributed by atoms with Crippen LogP contribution in [0.15, 0.2) is 18.2 Å². The number of hydrogen-bond donors (Lipinski definition) is 1. The summed E-state index contributed by atoms with van der Waals surface area (Å²) in [7, 11) is 0. The summed E-state index contributed by atoms with van der Waals surface area (Å²) in [6.07, 6.45) is 2.61. The van der Waals surface area contributed by atoms with Gasteiger partial charge in [0.1, 0.15) is 11.4 Å². The van der Waals surface area contributed by atoms with Gasteiger partial charge in [0.25, 0.3) is 0 Å². The van der Waals surface area contributed by atoms with Crippen molar-refractivity contribution in [1.82, 2.24) is 0 Å². The maximum absolute atomic E-state index is 10.2. The standard InChI is InChI=1S/C16H20N2O2/c1-16(2)10-18(12-4-3-5-14(12)19)13-8-11(9-17)6-7-15(13)20-16/h6-8,12,14,19H,3-5,10H2,1-2H3/t12-,14-/m0/s1. The summed E-state index contributed by atoms with van der Waals surface area (Å²) in [4.78, 5) is 2.23. The number of fused-ring (bicyclic) bond motifs is 1. The van der Waals surface area contributed by atoms with E-state index in [1.807, 2.05) is 12.1 Å². The van der Waals surface area contributed by atoms with Crippen LogP contribution in [0.5, 0.6) is 5.75 Å². The van der Waals surface area contributed by atoms with Gasteiger partial charge in [-0.15, -0.1) is 0 Å². The molecule has 2 atom stereocenters. The van der Waals surface area contributed by atoms with Crippen LogP contribution >= 0.6 is 0 Å². The Morgan fingerprint density at radius 3 is 2.85 bits per heavy atom. The molecular formula is C16H20N2O2. The number of aliphatic hydroxyl groups is 1. The molecule has 0 aromatic heterocycles. The first-order chi connectivity index (χ1) is 9.50. The van der Waals surface area contributed by atoms with E-state index < -0.39 is 0 Å². The van der Waals surface area contributed by atoms with Gasteiger partial charge in [-0.2, -0.15) is 5.26 Å². The lowest BCUT2D eigenvalue weighted by Gasteiger charge is -2.44. The molecule has 4 heteroatoms. The highest BCUT2D eigenvalue weighted by Crippen LogP contribution is 2.41. The van der Waals surface area contributed by atoms with Crippen molar-refractivity contribution < 1.29 is 9.84 Å². The summed E-state index contributed by atoms with van der Waals surface area (Å²) in [6, 6.07) is 7.82. The molecule has 2 aliphatic rings. The molecule has 0 unspecified atom stereocenters. The highest BCUT2D eigenvalue weighted by Gasteiger charge is 2.39. The van der Waals surface area contributed by atoms with Crippen molar-refractivity contribution >= 4 is 5.69 Å². The van der Waals surface area contributed by atoms with E-state index in [9.17, 15) is 5.11 Å². The second-order valence-electron chi connectivity index (χ2n) is 6.35. The van der Waals surface area contributed by atoms with Gasteiger partial charge < -0.3 is 14.7 Å². The molecule has 1 aromatic rings. The molecule has 106 valence electrons. The van der Waals surface area contributed by atoms with E-state index in [0.29, 0.717) is 5.56 Å². The third-order valence-electron chi connectivity index (χ3n) is 4.18. The molecule has 0 spiro atoms. The van der Waals surface area contributed by atoms with Gasteiger partial charge in [0, 0.05) is 0 Å². The van der Waals surface area contributed by atoms with Gasteiger partial charge in [0.2, 0.25) is 0 Å². The SMILES string of the molecule is CC1(C)CN([C@H]2CCC[C@@H]2O)c2cc(C#N)ccc2O1. The zero-order valence-corrected chi connectivity index (χ0v) is 12.0. The fraction of sp³-hybridized carbons (Fsp3) is 0.562. The van der Waals surface area contributed by atoms with Gasteiger partial charge in [0.15, 0.2) is 0 Å². The average Bonchev–Trinajstić information content (AvgIpc) is 2.82. The molecule has 0 bridgehead atoms. The minimum atomic E-state index is -0.289. The van der Waals surface area contributed by atoms with Crippen LogP contribution in [0.25, 0.3) is 0 Å². The summed E-state index contributed by atoms with van der Waals surface area (Å²) in [5, 5.41) is 19.3. The predicted molar refractivity (Wildman–Crippen MR) is 76.9 cm³/mol. The van der Waals surface area contributed by atoms with Crippen molar-refractivity contribution in [3.63, 3.8) is 0 Å². The molecule has 3 rings (SSSR count). The molecule has 1 saturated carbocycles. The number of ether oxygens (including phenoxy) is 1. The number of hydrogen-bond acceptors (Lipinski definition) is 4. The van der Waals surface area contributed by atoms with Crippen LogP contribution in [0.1, 0.15) is 38.7 Å². The molecule has 0 amide bonds. The second-order valence-corrected chi connectivity index (χ2v) is 6.35. The minimum absolute atomic E-state index is 0.130. The monoisotopic (exact) mass is 272 g/mol. The van der Waals surface area contributed by atoms with Gasteiger partial charge in [-0.1, -0.05) is 0 Å². The topological polar surface area (TPSA) is 56.5 Å². The Morgan fingerprint density at radius 2 is 2.20 bits per heavy atom. The van der Waals surface area contributed by atoms with Crippen molar-refractivity contribution in [2.75, 3.05) is 11.4 Å². The van der Waals surface area contributed by atoms with Crippen LogP contribution in [0.4, 0.5) is 5.69 Å². The van der Waals surface area contributed by atoms with Crippen LogP contribution in [-0.2, 0) is 0 Å². The van der Waals surface area contributed by atoms with E-state index in [1.54, 1.807) is 6.07 Å². The number of anilines is 1. The maximum atomic E-state index is 10.2. The second kappa shape index (κ2) is 4.68. The number of benzene rings is 1. The van der Waals surface area contributed by atoms with Gasteiger partial charge in [-0.3, -0.25) is 0 Å². The van der Waals surface area contributed by atoms with Crippen molar-refractivity contribution in [3.05, 3.63) is 23.8 Å². The van der Waals surface area contributed by atoms with E-state index in [2.05, 4.69) is 24.8 Å². The van der Waals surface area contributed by atoms with Crippen molar-refractivity contribution in [1.29, 1.82) is 5.26 Å². The summed E-state index contributed by atoms with van der Waals surface area (Å²) in [6.45, 7) is 4.85. The first-order valence-corrected chi connectivity index (χ1v) is 7.18. The lowest BCUT2D eigenvalue weighted by Crippen LogP contribution is -2.53. The van der Waals surface area contributed by atoms with Gasteiger partial charge in [-0.05, 0) is 51.3 Å². The summed E-state index contributed by atoms with van der Waals surface area (Å²) in [5.41, 5.74) is 1.28. The predicted octanol–water partition coefficient (Wildman–Crippen LogP) is 2.45. The molecule has 1 heterocycles. The number of rotatable bonds is 1. The molecule has 20 heavy (non-hydrogen) atoms. The van der Waals surface area contributed by atoms with Crippen LogP contribution in [0.2, 0.25) is 0 Å². The summed E-state index contributed by atoms with van der Waals surface area (Å²) in [5.74, 6) is 0.805. The Bertz CT molecular complexity index is 562. The number of nitriles is 1. The summed E-state index contributed by atoms with van der Waals surface area (Å²) >= 11 is 0. The Morgan fingerprint density at radius 1 is 1.40 bits per heavy atom. The van der Waals surface area contributed by atoms with E-state index in [4.69, 9.17) is 10.00 Å². The number of nitrogens with zero attached hydrogens (tertiary/aromatic N) is 2. The minimum Gasteiger partial charge on any atom is -0.484 e. The molecular weight excluding hydrogens is 252 g/mol. The van der Waals surface area contributed by atoms with E-state index in [1.165, 1.54) is 0 Å². The zero-order chi connectivity index (χ0) is 14.3. The normalized spacial score (nSPS) is 27.6. The van der Waals surface area contributed by atoms with Gasteiger partial charge in [-0.25, -0.2) is 0 Å². The Balaban J connectivity index is 2.04. The van der Waals surface area contributed by atoms with Crippen molar-refractivity contribution in [3.8, 4) is 11.8 Å².